The fraction of sp³-hybridized carbons (Fsp3) is 0.444. The highest BCUT2D eigenvalue weighted by Crippen LogP contribution is 2.27. The van der Waals surface area contributed by atoms with Crippen molar-refractivity contribution in [2.45, 2.75) is 26.9 Å². The van der Waals surface area contributed by atoms with Crippen LogP contribution in [0.25, 0.3) is 0 Å². The summed E-state index contributed by atoms with van der Waals surface area (Å²) in [6, 6.07) is 5.94. The van der Waals surface area contributed by atoms with Crippen LogP contribution in [-0.2, 0) is 13.1 Å². The number of nitrogens with one attached hydrogen (secondary N) is 1. The Balaban J connectivity index is 1.98. The fourth-order valence-corrected chi connectivity index (χ4v) is 3.07. The van der Waals surface area contributed by atoms with E-state index in [9.17, 15) is 0 Å². The van der Waals surface area contributed by atoms with Gasteiger partial charge in [0.15, 0.2) is 17.5 Å². The van der Waals surface area contributed by atoms with Crippen molar-refractivity contribution in [2.24, 2.45) is 4.99 Å². The number of benzene rings is 1. The number of hydrogen-bond donors (Lipinski definition) is 1. The average Bonchev–Trinajstić information content (AvgIpc) is 3.01. The molecule has 2 rings (SSSR count). The van der Waals surface area contributed by atoms with E-state index in [4.69, 9.17) is 9.47 Å². The van der Waals surface area contributed by atoms with E-state index in [1.54, 1.807) is 25.5 Å². The van der Waals surface area contributed by atoms with Gasteiger partial charge in [-0.1, -0.05) is 6.07 Å². The Morgan fingerprint density at radius 2 is 2.16 bits per heavy atom. The van der Waals surface area contributed by atoms with Crippen LogP contribution < -0.4 is 14.8 Å². The Kier molecular flexibility index (Phi) is 7.06. The van der Waals surface area contributed by atoms with Crippen LogP contribution >= 0.6 is 11.3 Å². The summed E-state index contributed by atoms with van der Waals surface area (Å²) in [5, 5.41) is 6.53. The van der Waals surface area contributed by atoms with Crippen molar-refractivity contribution in [3.8, 4) is 11.5 Å². The first kappa shape index (κ1) is 19.1. The molecule has 7 heteroatoms. The van der Waals surface area contributed by atoms with E-state index in [2.05, 4.69) is 25.6 Å². The minimum absolute atomic E-state index is 0.613. The Bertz CT molecular complexity index is 715. The third-order valence-electron chi connectivity index (χ3n) is 3.62. The number of aromatic nitrogens is 1. The second-order valence-corrected chi connectivity index (χ2v) is 6.60. The van der Waals surface area contributed by atoms with E-state index in [1.165, 1.54) is 0 Å². The molecule has 1 aromatic heterocycles. The summed E-state index contributed by atoms with van der Waals surface area (Å²) in [5.74, 6) is 2.31. The largest absolute Gasteiger partial charge is 0.493 e. The first-order chi connectivity index (χ1) is 12.1. The number of nitrogens with zero attached hydrogens (tertiary/aromatic N) is 3. The lowest BCUT2D eigenvalue weighted by Crippen LogP contribution is -2.38. The molecule has 0 aliphatic carbocycles. The predicted octanol–water partition coefficient (Wildman–Crippen LogP) is 3.07. The molecular formula is C18H26N4O2S. The van der Waals surface area contributed by atoms with E-state index < -0.39 is 0 Å². The molecule has 0 saturated carbocycles. The number of thiazole rings is 1. The molecule has 1 aromatic carbocycles. The third-order valence-corrected chi connectivity index (χ3v) is 4.44. The van der Waals surface area contributed by atoms with Gasteiger partial charge in [0, 0.05) is 26.0 Å². The zero-order valence-electron chi connectivity index (χ0n) is 15.5. The van der Waals surface area contributed by atoms with Crippen molar-refractivity contribution in [1.82, 2.24) is 15.2 Å². The summed E-state index contributed by atoms with van der Waals surface area (Å²) in [6.45, 7) is 5.95. The minimum Gasteiger partial charge on any atom is -0.493 e. The number of guanidine groups is 1. The van der Waals surface area contributed by atoms with Crippen LogP contribution in [0.4, 0.5) is 0 Å². The molecular weight excluding hydrogens is 336 g/mol. The number of ether oxygens (including phenoxy) is 2. The van der Waals surface area contributed by atoms with E-state index in [1.807, 2.05) is 39.1 Å². The number of methoxy groups -OCH3 is 1. The maximum absolute atomic E-state index is 5.55. The lowest BCUT2D eigenvalue weighted by molar-refractivity contribution is 0.310. The van der Waals surface area contributed by atoms with Gasteiger partial charge in [-0.3, -0.25) is 4.99 Å². The first-order valence-corrected chi connectivity index (χ1v) is 9.07. The van der Waals surface area contributed by atoms with Gasteiger partial charge in [-0.05, 0) is 31.5 Å². The number of aryl methyl sites for hydroxylation is 1. The number of aliphatic imine (C=N–C) groups is 1. The SMILES string of the molecule is CCOc1ccc(CNC(=NC)N(C)Cc2csc(C)n2)cc1OC. The summed E-state index contributed by atoms with van der Waals surface area (Å²) in [4.78, 5) is 10.9. The maximum Gasteiger partial charge on any atom is 0.194 e. The smallest absolute Gasteiger partial charge is 0.194 e. The van der Waals surface area contributed by atoms with Gasteiger partial charge < -0.3 is 19.7 Å². The second-order valence-electron chi connectivity index (χ2n) is 5.53. The van der Waals surface area contributed by atoms with Crippen molar-refractivity contribution in [3.05, 3.63) is 39.8 Å². The lowest BCUT2D eigenvalue weighted by Gasteiger charge is -2.21. The molecule has 0 aliphatic rings. The maximum atomic E-state index is 5.55. The highest BCUT2D eigenvalue weighted by atomic mass is 32.1. The summed E-state index contributed by atoms with van der Waals surface area (Å²) in [5.41, 5.74) is 2.15. The van der Waals surface area contributed by atoms with Crippen molar-refractivity contribution in [1.29, 1.82) is 0 Å². The lowest BCUT2D eigenvalue weighted by atomic mass is 10.2. The van der Waals surface area contributed by atoms with Crippen LogP contribution in [0.3, 0.4) is 0 Å². The van der Waals surface area contributed by atoms with Gasteiger partial charge in [-0.2, -0.15) is 0 Å². The molecule has 0 unspecified atom stereocenters. The van der Waals surface area contributed by atoms with E-state index >= 15 is 0 Å². The molecule has 0 amide bonds. The quantitative estimate of drug-likeness (QED) is 0.606. The van der Waals surface area contributed by atoms with Crippen LogP contribution in [0.2, 0.25) is 0 Å². The zero-order valence-corrected chi connectivity index (χ0v) is 16.3. The van der Waals surface area contributed by atoms with E-state index in [0.29, 0.717) is 13.2 Å². The van der Waals surface area contributed by atoms with Gasteiger partial charge in [0.05, 0.1) is 31.0 Å². The molecule has 6 nitrogen and oxygen atoms in total. The Morgan fingerprint density at radius 3 is 2.76 bits per heavy atom. The van der Waals surface area contributed by atoms with Crippen molar-refractivity contribution >= 4 is 17.3 Å². The topological polar surface area (TPSA) is 59.0 Å². The molecule has 0 fully saturated rings. The summed E-state index contributed by atoms with van der Waals surface area (Å²) in [6.07, 6.45) is 0. The summed E-state index contributed by atoms with van der Waals surface area (Å²) < 4.78 is 11.0. The van der Waals surface area contributed by atoms with E-state index in [-0.39, 0.29) is 0 Å². The zero-order chi connectivity index (χ0) is 18.2. The minimum atomic E-state index is 0.613. The second kappa shape index (κ2) is 9.27. The number of hydrogen-bond acceptors (Lipinski definition) is 5. The molecule has 136 valence electrons. The third kappa shape index (κ3) is 5.35. The first-order valence-electron chi connectivity index (χ1n) is 8.19. The predicted molar refractivity (Wildman–Crippen MR) is 103 cm³/mol. The molecule has 25 heavy (non-hydrogen) atoms. The van der Waals surface area contributed by atoms with Crippen molar-refractivity contribution in [2.75, 3.05) is 27.8 Å². The molecule has 0 aliphatic heterocycles. The molecule has 0 bridgehead atoms. The van der Waals surface area contributed by atoms with E-state index in [0.717, 1.165) is 40.3 Å². The molecule has 2 aromatic rings. The van der Waals surface area contributed by atoms with Crippen LogP contribution in [0.5, 0.6) is 11.5 Å². The normalized spacial score (nSPS) is 11.3. The Morgan fingerprint density at radius 1 is 1.36 bits per heavy atom. The monoisotopic (exact) mass is 362 g/mol. The number of rotatable bonds is 7. The molecule has 0 saturated heterocycles. The van der Waals surface area contributed by atoms with Crippen LogP contribution in [-0.4, -0.2) is 43.7 Å². The molecule has 1 heterocycles. The van der Waals surface area contributed by atoms with Gasteiger partial charge in [0.2, 0.25) is 0 Å². The Labute approximate surface area is 153 Å². The standard InChI is InChI=1S/C18H26N4O2S/c1-6-24-16-8-7-14(9-17(16)23-5)10-20-18(19-3)22(4)11-15-12-25-13(2)21-15/h7-9,12H,6,10-11H2,1-5H3,(H,19,20). The van der Waals surface area contributed by atoms with Gasteiger partial charge in [0.1, 0.15) is 0 Å². The van der Waals surface area contributed by atoms with Gasteiger partial charge in [0.25, 0.3) is 0 Å². The van der Waals surface area contributed by atoms with Gasteiger partial charge in [-0.25, -0.2) is 4.98 Å². The van der Waals surface area contributed by atoms with Crippen molar-refractivity contribution in [3.63, 3.8) is 0 Å². The molecule has 1 N–H and O–H groups in total. The van der Waals surface area contributed by atoms with Crippen LogP contribution in [0.15, 0.2) is 28.6 Å². The van der Waals surface area contributed by atoms with Gasteiger partial charge in [-0.15, -0.1) is 11.3 Å². The summed E-state index contributed by atoms with van der Waals surface area (Å²) >= 11 is 1.66. The van der Waals surface area contributed by atoms with Gasteiger partial charge >= 0.3 is 0 Å². The fourth-order valence-electron chi connectivity index (χ4n) is 2.46. The van der Waals surface area contributed by atoms with Crippen LogP contribution in [0.1, 0.15) is 23.2 Å². The molecule has 0 spiro atoms. The van der Waals surface area contributed by atoms with Crippen LogP contribution in [0, 0.1) is 6.92 Å². The molecule has 0 radical (unpaired) electrons. The van der Waals surface area contributed by atoms with Crippen molar-refractivity contribution < 1.29 is 9.47 Å². The average molecular weight is 362 g/mol. The molecule has 0 atom stereocenters. The summed E-state index contributed by atoms with van der Waals surface area (Å²) in [7, 11) is 5.43. The Hall–Kier alpha value is -2.28. The highest BCUT2D eigenvalue weighted by molar-refractivity contribution is 7.09. The highest BCUT2D eigenvalue weighted by Gasteiger charge is 2.10.